The molecule has 2 rings (SSSR count). The third-order valence-electron chi connectivity index (χ3n) is 1.92. The van der Waals surface area contributed by atoms with Crippen molar-refractivity contribution in [2.24, 2.45) is 0 Å². The highest BCUT2D eigenvalue weighted by atomic mass is 79.9. The first-order valence-electron chi connectivity index (χ1n) is 4.08. The predicted molar refractivity (Wildman–Crippen MR) is 56.6 cm³/mol. The fraction of sp³-hybridized carbons (Fsp3) is 0.111. The lowest BCUT2D eigenvalue weighted by Gasteiger charge is -2.01. The van der Waals surface area contributed by atoms with Crippen LogP contribution in [0.25, 0.3) is 5.69 Å². The van der Waals surface area contributed by atoms with E-state index in [4.69, 9.17) is 0 Å². The highest BCUT2D eigenvalue weighted by Crippen LogP contribution is 2.13. The van der Waals surface area contributed by atoms with Crippen LogP contribution in [0.3, 0.4) is 0 Å². The van der Waals surface area contributed by atoms with Crippen LogP contribution in [-0.2, 0) is 0 Å². The van der Waals surface area contributed by atoms with Crippen LogP contribution < -0.4 is 5.69 Å². The van der Waals surface area contributed by atoms with Gasteiger partial charge in [0.15, 0.2) is 0 Å². The van der Waals surface area contributed by atoms with Crippen molar-refractivity contribution < 1.29 is 0 Å². The summed E-state index contributed by atoms with van der Waals surface area (Å²) in [5.74, 6) is 0.650. The van der Waals surface area contributed by atoms with Crippen LogP contribution in [0.15, 0.2) is 33.5 Å². The molecule has 0 aliphatic carbocycles. The van der Waals surface area contributed by atoms with Gasteiger partial charge < -0.3 is 0 Å². The smallest absolute Gasteiger partial charge is 0.247 e. The molecule has 0 aliphatic heterocycles. The van der Waals surface area contributed by atoms with Crippen LogP contribution in [0.1, 0.15) is 5.82 Å². The lowest BCUT2D eigenvalue weighted by atomic mass is 10.3. The Labute approximate surface area is 88.7 Å². The Morgan fingerprint density at radius 2 is 2.00 bits per heavy atom. The maximum atomic E-state index is 11.4. The highest BCUT2D eigenvalue weighted by molar-refractivity contribution is 9.10. The number of nitrogens with one attached hydrogen (secondary N) is 1. The average molecular weight is 254 g/mol. The van der Waals surface area contributed by atoms with Gasteiger partial charge in [-0.05, 0) is 31.2 Å². The molecule has 2 aromatic rings. The van der Waals surface area contributed by atoms with Gasteiger partial charge in [0.25, 0.3) is 0 Å². The first-order chi connectivity index (χ1) is 6.68. The topological polar surface area (TPSA) is 50.7 Å². The van der Waals surface area contributed by atoms with Crippen molar-refractivity contribution >= 4 is 15.9 Å². The first-order valence-corrected chi connectivity index (χ1v) is 4.88. The van der Waals surface area contributed by atoms with Crippen molar-refractivity contribution in [3.8, 4) is 5.69 Å². The number of hydrogen-bond donors (Lipinski definition) is 1. The van der Waals surface area contributed by atoms with Gasteiger partial charge in [-0.25, -0.2) is 14.5 Å². The molecule has 0 saturated heterocycles. The third kappa shape index (κ3) is 1.50. The first kappa shape index (κ1) is 9.21. The van der Waals surface area contributed by atoms with Gasteiger partial charge in [0.2, 0.25) is 0 Å². The van der Waals surface area contributed by atoms with Crippen molar-refractivity contribution in [2.75, 3.05) is 0 Å². The minimum absolute atomic E-state index is 0.218. The van der Waals surface area contributed by atoms with Gasteiger partial charge in [-0.3, -0.25) is 0 Å². The zero-order valence-electron chi connectivity index (χ0n) is 7.49. The van der Waals surface area contributed by atoms with E-state index >= 15 is 0 Å². The molecule has 14 heavy (non-hydrogen) atoms. The minimum atomic E-state index is -0.218. The molecule has 1 aromatic heterocycles. The van der Waals surface area contributed by atoms with Gasteiger partial charge in [-0.15, -0.1) is 0 Å². The van der Waals surface area contributed by atoms with E-state index in [2.05, 4.69) is 26.1 Å². The van der Waals surface area contributed by atoms with E-state index in [9.17, 15) is 4.79 Å². The van der Waals surface area contributed by atoms with Crippen molar-refractivity contribution in [3.63, 3.8) is 0 Å². The van der Waals surface area contributed by atoms with Crippen LogP contribution in [0, 0.1) is 6.92 Å². The summed E-state index contributed by atoms with van der Waals surface area (Å²) in [6.07, 6.45) is 0. The summed E-state index contributed by atoms with van der Waals surface area (Å²) in [7, 11) is 0. The summed E-state index contributed by atoms with van der Waals surface area (Å²) in [5, 5.41) is 6.22. The zero-order valence-corrected chi connectivity index (χ0v) is 9.08. The van der Waals surface area contributed by atoms with E-state index in [0.717, 1.165) is 10.2 Å². The molecule has 5 heteroatoms. The fourth-order valence-electron chi connectivity index (χ4n) is 1.27. The molecule has 0 unspecified atom stereocenters. The number of nitrogens with zero attached hydrogens (tertiary/aromatic N) is 2. The summed E-state index contributed by atoms with van der Waals surface area (Å²) >= 11 is 3.33. The quantitative estimate of drug-likeness (QED) is 0.840. The molecular formula is C9H8BrN3O. The van der Waals surface area contributed by atoms with Gasteiger partial charge in [0.1, 0.15) is 5.82 Å². The number of halogens is 1. The Kier molecular flexibility index (Phi) is 2.25. The molecule has 0 bridgehead atoms. The van der Waals surface area contributed by atoms with Crippen molar-refractivity contribution in [3.05, 3.63) is 45.0 Å². The maximum absolute atomic E-state index is 11.4. The Bertz CT molecular complexity index is 498. The predicted octanol–water partition coefficient (Wildman–Crippen LogP) is 1.63. The number of rotatable bonds is 1. The molecule has 72 valence electrons. The standard InChI is InChI=1S/C9H8BrN3O/c1-6-11-12-9(14)13(6)8-4-2-7(10)3-5-8/h2-5H,1H3,(H,12,14). The number of aromatic nitrogens is 3. The van der Waals surface area contributed by atoms with Crippen molar-refractivity contribution in [2.45, 2.75) is 6.92 Å². The van der Waals surface area contributed by atoms with E-state index in [0.29, 0.717) is 5.82 Å². The van der Waals surface area contributed by atoms with Crippen LogP contribution in [-0.4, -0.2) is 14.8 Å². The van der Waals surface area contributed by atoms with Gasteiger partial charge in [0, 0.05) is 4.47 Å². The number of aryl methyl sites for hydroxylation is 1. The molecule has 0 atom stereocenters. The molecule has 0 aliphatic rings. The van der Waals surface area contributed by atoms with Crippen LogP contribution in [0.2, 0.25) is 0 Å². The summed E-state index contributed by atoms with van der Waals surface area (Å²) in [4.78, 5) is 11.4. The number of aromatic amines is 1. The van der Waals surface area contributed by atoms with Gasteiger partial charge in [-0.2, -0.15) is 5.10 Å². The Balaban J connectivity index is 2.60. The molecule has 4 nitrogen and oxygen atoms in total. The van der Waals surface area contributed by atoms with Gasteiger partial charge in [0.05, 0.1) is 5.69 Å². The monoisotopic (exact) mass is 253 g/mol. The second-order valence-electron chi connectivity index (χ2n) is 2.89. The zero-order chi connectivity index (χ0) is 10.1. The summed E-state index contributed by atoms with van der Waals surface area (Å²) in [5.41, 5.74) is 0.592. The molecule has 0 saturated carbocycles. The van der Waals surface area contributed by atoms with E-state index in [1.54, 1.807) is 6.92 Å². The Hall–Kier alpha value is -1.36. The number of hydrogen-bond acceptors (Lipinski definition) is 2. The van der Waals surface area contributed by atoms with Gasteiger partial charge >= 0.3 is 5.69 Å². The van der Waals surface area contributed by atoms with E-state index < -0.39 is 0 Å². The summed E-state index contributed by atoms with van der Waals surface area (Å²) in [6, 6.07) is 7.48. The minimum Gasteiger partial charge on any atom is -0.247 e. The molecular weight excluding hydrogens is 246 g/mol. The normalized spacial score (nSPS) is 10.4. The third-order valence-corrected chi connectivity index (χ3v) is 2.45. The molecule has 0 radical (unpaired) electrons. The van der Waals surface area contributed by atoms with Crippen LogP contribution >= 0.6 is 15.9 Å². The summed E-state index contributed by atoms with van der Waals surface area (Å²) < 4.78 is 2.50. The molecule has 0 fully saturated rings. The van der Waals surface area contributed by atoms with Crippen LogP contribution in [0.5, 0.6) is 0 Å². The van der Waals surface area contributed by atoms with Crippen LogP contribution in [0.4, 0.5) is 0 Å². The number of H-pyrrole nitrogens is 1. The largest absolute Gasteiger partial charge is 0.347 e. The SMILES string of the molecule is Cc1n[nH]c(=O)n1-c1ccc(Br)cc1. The van der Waals surface area contributed by atoms with E-state index in [1.165, 1.54) is 4.57 Å². The average Bonchev–Trinajstić information content (AvgIpc) is 2.49. The van der Waals surface area contributed by atoms with Gasteiger partial charge in [-0.1, -0.05) is 15.9 Å². The Morgan fingerprint density at radius 3 is 2.50 bits per heavy atom. The maximum Gasteiger partial charge on any atom is 0.347 e. The molecule has 1 N–H and O–H groups in total. The molecule has 0 spiro atoms. The second-order valence-corrected chi connectivity index (χ2v) is 3.80. The van der Waals surface area contributed by atoms with Crippen molar-refractivity contribution in [1.29, 1.82) is 0 Å². The van der Waals surface area contributed by atoms with Crippen molar-refractivity contribution in [1.82, 2.24) is 14.8 Å². The second kappa shape index (κ2) is 3.42. The molecule has 1 heterocycles. The van der Waals surface area contributed by atoms with E-state index in [1.807, 2.05) is 24.3 Å². The lowest BCUT2D eigenvalue weighted by molar-refractivity contribution is 0.944. The Morgan fingerprint density at radius 1 is 1.36 bits per heavy atom. The molecule has 1 aromatic carbocycles. The highest BCUT2D eigenvalue weighted by Gasteiger charge is 2.04. The van der Waals surface area contributed by atoms with E-state index in [-0.39, 0.29) is 5.69 Å². The fourth-order valence-corrected chi connectivity index (χ4v) is 1.53. The lowest BCUT2D eigenvalue weighted by Crippen LogP contribution is -2.15. The summed E-state index contributed by atoms with van der Waals surface area (Å²) in [6.45, 7) is 1.78. The number of benzene rings is 1. The molecule has 0 amide bonds.